The lowest BCUT2D eigenvalue weighted by Gasteiger charge is -2.18. The molecule has 0 unspecified atom stereocenters. The molecule has 0 saturated carbocycles. The Kier molecular flexibility index (Phi) is 3.57. The van der Waals surface area contributed by atoms with Crippen molar-refractivity contribution < 1.29 is 10.0 Å². The van der Waals surface area contributed by atoms with E-state index >= 15 is 0 Å². The van der Waals surface area contributed by atoms with Gasteiger partial charge in [-0.15, -0.1) is 0 Å². The maximum atomic E-state index is 11.4. The number of benzene rings is 2. The molecule has 0 bridgehead atoms. The predicted molar refractivity (Wildman–Crippen MR) is 97.8 cm³/mol. The second kappa shape index (κ2) is 5.77. The van der Waals surface area contributed by atoms with Crippen LogP contribution in [0.4, 0.5) is 0 Å². The third kappa shape index (κ3) is 2.31. The zero-order valence-electron chi connectivity index (χ0n) is 14.0. The van der Waals surface area contributed by atoms with Crippen LogP contribution in [0.15, 0.2) is 47.6 Å². The average Bonchev–Trinajstić information content (AvgIpc) is 2.96. The number of para-hydroxylation sites is 1. The van der Waals surface area contributed by atoms with E-state index in [1.54, 1.807) is 6.07 Å². The minimum atomic E-state index is -0.427. The van der Waals surface area contributed by atoms with Crippen molar-refractivity contribution in [1.29, 1.82) is 0 Å². The summed E-state index contributed by atoms with van der Waals surface area (Å²) in [7, 11) is 0. The molecule has 1 heterocycles. The average molecular weight is 333 g/mol. The molecule has 25 heavy (non-hydrogen) atoms. The van der Waals surface area contributed by atoms with Crippen molar-refractivity contribution in [3.63, 3.8) is 0 Å². The molecule has 4 rings (SSSR count). The lowest BCUT2D eigenvalue weighted by Crippen LogP contribution is -2.15. The molecule has 0 fully saturated rings. The Morgan fingerprint density at radius 3 is 2.72 bits per heavy atom. The largest absolute Gasteiger partial charge is 0.411 e. The van der Waals surface area contributed by atoms with Gasteiger partial charge >= 0.3 is 0 Å². The minimum Gasteiger partial charge on any atom is -0.411 e. The van der Waals surface area contributed by atoms with Crippen molar-refractivity contribution in [1.82, 2.24) is 4.57 Å². The number of carbonyl (C=O) groups is 1. The van der Waals surface area contributed by atoms with Gasteiger partial charge in [0.1, 0.15) is 0 Å². The Hall–Kier alpha value is -3.08. The molecule has 5 nitrogen and oxygen atoms in total. The van der Waals surface area contributed by atoms with E-state index in [1.807, 2.05) is 31.2 Å². The normalized spacial score (nSPS) is 15.5. The van der Waals surface area contributed by atoms with Gasteiger partial charge in [-0.05, 0) is 56.0 Å². The predicted octanol–water partition coefficient (Wildman–Crippen LogP) is 3.55. The minimum absolute atomic E-state index is 0.427. The van der Waals surface area contributed by atoms with Crippen LogP contribution in [0.3, 0.4) is 0 Å². The molecule has 0 aliphatic heterocycles. The third-order valence-corrected chi connectivity index (χ3v) is 4.93. The van der Waals surface area contributed by atoms with Gasteiger partial charge in [0.15, 0.2) is 0 Å². The quantitative estimate of drug-likeness (QED) is 0.555. The Balaban J connectivity index is 2.05. The van der Waals surface area contributed by atoms with E-state index in [2.05, 4.69) is 21.9 Å². The van der Waals surface area contributed by atoms with Crippen molar-refractivity contribution >= 4 is 22.5 Å². The second-order valence-corrected chi connectivity index (χ2v) is 6.44. The fraction of sp³-hybridized carbons (Fsp3) is 0.200. The highest BCUT2D eigenvalue weighted by Crippen LogP contribution is 2.35. The molecular weight excluding hydrogens is 314 g/mol. The van der Waals surface area contributed by atoms with Gasteiger partial charge in [-0.3, -0.25) is 4.79 Å². The van der Waals surface area contributed by atoms with Crippen LogP contribution in [0.25, 0.3) is 16.6 Å². The van der Waals surface area contributed by atoms with Crippen molar-refractivity contribution in [2.24, 2.45) is 10.9 Å². The SMILES string of the molecule is Cc1cc(C(N)=O)ccc1-n1c2c(c3ccccc31)/C(=N/O)CCC2. The molecule has 5 heteroatoms. The van der Waals surface area contributed by atoms with Gasteiger partial charge in [0.05, 0.1) is 11.2 Å². The molecule has 0 atom stereocenters. The first-order chi connectivity index (χ1) is 12.1. The molecule has 1 aliphatic carbocycles. The van der Waals surface area contributed by atoms with E-state index in [9.17, 15) is 10.0 Å². The van der Waals surface area contributed by atoms with Crippen molar-refractivity contribution in [3.05, 3.63) is 64.8 Å². The highest BCUT2D eigenvalue weighted by atomic mass is 16.4. The molecule has 0 radical (unpaired) electrons. The first-order valence-corrected chi connectivity index (χ1v) is 8.36. The lowest BCUT2D eigenvalue weighted by molar-refractivity contribution is 0.1000. The summed E-state index contributed by atoms with van der Waals surface area (Å²) in [6, 6.07) is 13.7. The third-order valence-electron chi connectivity index (χ3n) is 4.93. The summed E-state index contributed by atoms with van der Waals surface area (Å²) >= 11 is 0. The molecule has 0 spiro atoms. The number of primary amides is 1. The van der Waals surface area contributed by atoms with E-state index in [0.29, 0.717) is 5.56 Å². The van der Waals surface area contributed by atoms with Gasteiger partial charge in [0, 0.05) is 27.9 Å². The zero-order valence-corrected chi connectivity index (χ0v) is 14.0. The topological polar surface area (TPSA) is 80.6 Å². The molecule has 0 saturated heterocycles. The molecule has 126 valence electrons. The van der Waals surface area contributed by atoms with Gasteiger partial charge < -0.3 is 15.5 Å². The number of aryl methyl sites for hydroxylation is 1. The first-order valence-electron chi connectivity index (χ1n) is 8.36. The van der Waals surface area contributed by atoms with Crippen molar-refractivity contribution in [3.8, 4) is 5.69 Å². The maximum absolute atomic E-state index is 11.4. The summed E-state index contributed by atoms with van der Waals surface area (Å²) in [4.78, 5) is 11.4. The Morgan fingerprint density at radius 1 is 1.20 bits per heavy atom. The summed E-state index contributed by atoms with van der Waals surface area (Å²) in [5, 5.41) is 14.1. The summed E-state index contributed by atoms with van der Waals surface area (Å²) in [6.45, 7) is 1.98. The van der Waals surface area contributed by atoms with Gasteiger partial charge in [-0.2, -0.15) is 0 Å². The van der Waals surface area contributed by atoms with Crippen LogP contribution in [0, 0.1) is 6.92 Å². The molecule has 1 amide bonds. The van der Waals surface area contributed by atoms with Crippen LogP contribution in [-0.4, -0.2) is 21.4 Å². The summed E-state index contributed by atoms with van der Waals surface area (Å²) < 4.78 is 2.22. The lowest BCUT2D eigenvalue weighted by atomic mass is 9.93. The van der Waals surface area contributed by atoms with Crippen LogP contribution >= 0.6 is 0 Å². The van der Waals surface area contributed by atoms with Crippen LogP contribution in [-0.2, 0) is 6.42 Å². The fourth-order valence-corrected chi connectivity index (χ4v) is 3.83. The van der Waals surface area contributed by atoms with Crippen LogP contribution in [0.5, 0.6) is 0 Å². The Labute approximate surface area is 145 Å². The van der Waals surface area contributed by atoms with Gasteiger partial charge in [-0.1, -0.05) is 23.4 Å². The second-order valence-electron chi connectivity index (χ2n) is 6.44. The Morgan fingerprint density at radius 2 is 2.00 bits per heavy atom. The van der Waals surface area contributed by atoms with Crippen LogP contribution in [0.2, 0.25) is 0 Å². The molecule has 1 aromatic heterocycles. The molecule has 3 aromatic rings. The number of carbonyl (C=O) groups excluding carboxylic acids is 1. The molecule has 1 aliphatic rings. The monoisotopic (exact) mass is 333 g/mol. The highest BCUT2D eigenvalue weighted by molar-refractivity contribution is 6.13. The number of aromatic nitrogens is 1. The van der Waals surface area contributed by atoms with Crippen LogP contribution in [0.1, 0.15) is 40.0 Å². The molecule has 3 N–H and O–H groups in total. The Bertz CT molecular complexity index is 1030. The zero-order chi connectivity index (χ0) is 17.6. The standard InChI is InChI=1S/C20H19N3O2/c1-12-11-13(20(21)24)9-10-16(12)23-17-7-3-2-5-14(17)19-15(22-25)6-4-8-18(19)23/h2-3,5,7,9-11,25H,4,6,8H2,1H3,(H2,21,24)/b22-15+. The number of hydrogen-bond donors (Lipinski definition) is 2. The summed E-state index contributed by atoms with van der Waals surface area (Å²) in [5.41, 5.74) is 11.9. The van der Waals surface area contributed by atoms with E-state index in [4.69, 9.17) is 5.73 Å². The smallest absolute Gasteiger partial charge is 0.248 e. The summed E-state index contributed by atoms with van der Waals surface area (Å²) in [6.07, 6.45) is 2.64. The number of nitrogens with zero attached hydrogens (tertiary/aromatic N) is 2. The van der Waals surface area contributed by atoms with E-state index in [-0.39, 0.29) is 0 Å². The van der Waals surface area contributed by atoms with Gasteiger partial charge in [0.2, 0.25) is 5.91 Å². The highest BCUT2D eigenvalue weighted by Gasteiger charge is 2.26. The van der Waals surface area contributed by atoms with E-state index < -0.39 is 5.91 Å². The van der Waals surface area contributed by atoms with Crippen molar-refractivity contribution in [2.45, 2.75) is 26.2 Å². The number of oxime groups is 1. The number of hydrogen-bond acceptors (Lipinski definition) is 3. The maximum Gasteiger partial charge on any atom is 0.248 e. The van der Waals surface area contributed by atoms with E-state index in [1.165, 1.54) is 0 Å². The number of fused-ring (bicyclic) bond motifs is 3. The van der Waals surface area contributed by atoms with Crippen LogP contribution < -0.4 is 5.73 Å². The number of amides is 1. The first kappa shape index (κ1) is 15.4. The van der Waals surface area contributed by atoms with E-state index in [0.717, 1.165) is 58.4 Å². The van der Waals surface area contributed by atoms with Gasteiger partial charge in [-0.25, -0.2) is 0 Å². The number of rotatable bonds is 2. The number of nitrogens with two attached hydrogens (primary N) is 1. The summed E-state index contributed by atoms with van der Waals surface area (Å²) in [5.74, 6) is -0.427. The fourth-order valence-electron chi connectivity index (χ4n) is 3.83. The van der Waals surface area contributed by atoms with Crippen molar-refractivity contribution in [2.75, 3.05) is 0 Å². The molecule has 2 aromatic carbocycles. The van der Waals surface area contributed by atoms with Gasteiger partial charge in [0.25, 0.3) is 0 Å². The molecular formula is C20H19N3O2.